The molecule has 2 saturated heterocycles. The van der Waals surface area contributed by atoms with E-state index < -0.39 is 11.4 Å². The van der Waals surface area contributed by atoms with Gasteiger partial charge >= 0.3 is 12.0 Å². The molecule has 0 spiro atoms. The number of carboxylic acid groups (broad SMARTS) is 1. The van der Waals surface area contributed by atoms with E-state index in [0.29, 0.717) is 45.8 Å². The highest BCUT2D eigenvalue weighted by molar-refractivity contribution is 6.00. The van der Waals surface area contributed by atoms with Gasteiger partial charge in [-0.25, -0.2) is 0 Å². The molecule has 3 aliphatic rings. The van der Waals surface area contributed by atoms with Crippen molar-refractivity contribution in [3.05, 3.63) is 72.5 Å². The summed E-state index contributed by atoms with van der Waals surface area (Å²) >= 11 is 0. The molecule has 11 heteroatoms. The van der Waals surface area contributed by atoms with Crippen LogP contribution in [-0.4, -0.2) is 94.7 Å². The van der Waals surface area contributed by atoms with Gasteiger partial charge in [0, 0.05) is 55.4 Å². The monoisotopic (exact) mass is 663 g/mol. The fraction of sp³-hybridized carbons (Fsp3) is 0.447. The van der Waals surface area contributed by atoms with Gasteiger partial charge in [0.2, 0.25) is 5.91 Å². The Balaban J connectivity index is 1.32. The van der Waals surface area contributed by atoms with Crippen LogP contribution in [-0.2, 0) is 22.6 Å². The fourth-order valence-electron chi connectivity index (χ4n) is 7.48. The number of amides is 1. The maximum absolute atomic E-state index is 12.6. The van der Waals surface area contributed by atoms with Gasteiger partial charge in [-0.3, -0.25) is 14.5 Å². The lowest BCUT2D eigenvalue weighted by Crippen LogP contribution is -2.55. The lowest BCUT2D eigenvalue weighted by atomic mass is 9.93. The van der Waals surface area contributed by atoms with Gasteiger partial charge in [-0.15, -0.1) is 0 Å². The number of benzene rings is 2. The molecule has 0 bridgehead atoms. The van der Waals surface area contributed by atoms with Gasteiger partial charge in [0.1, 0.15) is 12.4 Å². The van der Waals surface area contributed by atoms with Crippen LogP contribution in [0.3, 0.4) is 0 Å². The van der Waals surface area contributed by atoms with E-state index in [0.717, 1.165) is 65.0 Å². The first-order valence-electron chi connectivity index (χ1n) is 17.1. The maximum Gasteiger partial charge on any atom is 0.318 e. The summed E-state index contributed by atoms with van der Waals surface area (Å²) < 4.78 is 6.39. The lowest BCUT2D eigenvalue weighted by Gasteiger charge is -2.42. The number of rotatable bonds is 11. The largest absolute Gasteiger partial charge is 0.481 e. The molecular formula is C38H45N7O4. The standard InChI is InChI=1S/C38H45N7O4/c1-5-26-10-7-11-27-12-8-14-32(34(26)27)42-19-16-30-31(23-42)40-37(49-24-29-13-9-18-44(29)25-38(3,4)36(47)48)41-35(30)43-20-21-45(33(46)6-2)28(22-43)15-17-39/h5-8,10-12,14,28-29H,1-2,9,13,15-16,18-25H2,3-4H3,(H,47,48)/t28-,29-/m0/s1. The molecule has 2 atom stereocenters. The number of ether oxygens (including phenoxy) is 1. The first-order valence-corrected chi connectivity index (χ1v) is 17.1. The van der Waals surface area contributed by atoms with Crippen molar-refractivity contribution in [3.63, 3.8) is 0 Å². The molecule has 3 aromatic rings. The van der Waals surface area contributed by atoms with Crippen molar-refractivity contribution >= 4 is 40.2 Å². The van der Waals surface area contributed by atoms with Crippen LogP contribution in [0.25, 0.3) is 16.8 Å². The third-order valence-corrected chi connectivity index (χ3v) is 10.1. The minimum absolute atomic E-state index is 0.0553. The molecule has 2 fully saturated rings. The molecule has 0 aliphatic carbocycles. The molecule has 0 unspecified atom stereocenters. The van der Waals surface area contributed by atoms with Gasteiger partial charge in [0.05, 0.1) is 36.2 Å². The number of piperazine rings is 1. The summed E-state index contributed by atoms with van der Waals surface area (Å²) in [6.45, 7) is 15.6. The van der Waals surface area contributed by atoms with Crippen LogP contribution in [0, 0.1) is 16.7 Å². The fourth-order valence-corrected chi connectivity index (χ4v) is 7.48. The number of carboxylic acids is 1. The molecule has 2 aromatic carbocycles. The number of anilines is 2. The number of likely N-dealkylation sites (tertiary alicyclic amines) is 1. The normalized spacial score (nSPS) is 19.7. The molecule has 0 saturated carbocycles. The van der Waals surface area contributed by atoms with Crippen LogP contribution >= 0.6 is 0 Å². The number of nitriles is 1. The number of hydrogen-bond donors (Lipinski definition) is 1. The van der Waals surface area contributed by atoms with Crippen molar-refractivity contribution in [2.24, 2.45) is 5.41 Å². The molecule has 11 nitrogen and oxygen atoms in total. The van der Waals surface area contributed by atoms with Crippen LogP contribution in [0.5, 0.6) is 6.01 Å². The zero-order valence-corrected chi connectivity index (χ0v) is 28.5. The Bertz CT molecular complexity index is 1800. The topological polar surface area (TPSA) is 126 Å². The number of nitrogens with zero attached hydrogens (tertiary/aromatic N) is 7. The molecule has 1 aromatic heterocycles. The van der Waals surface area contributed by atoms with Crippen LogP contribution in [0.2, 0.25) is 0 Å². The number of carbonyl (C=O) groups is 2. The Morgan fingerprint density at radius 1 is 1.08 bits per heavy atom. The van der Waals surface area contributed by atoms with Gasteiger partial charge < -0.3 is 24.5 Å². The van der Waals surface area contributed by atoms with Gasteiger partial charge in [0.25, 0.3) is 0 Å². The second-order valence-electron chi connectivity index (χ2n) is 13.8. The Labute approximate surface area is 288 Å². The SMILES string of the molecule is C=CC(=O)N1CCN(c2nc(OC[C@@H]3CCCN3CC(C)(C)C(=O)O)nc3c2CCN(c2cccc4cccc(C=C)c24)C3)C[C@@H]1CC#N. The third-order valence-electron chi connectivity index (χ3n) is 10.1. The van der Waals surface area contributed by atoms with E-state index in [4.69, 9.17) is 14.7 Å². The molecular weight excluding hydrogens is 618 g/mol. The Morgan fingerprint density at radius 3 is 2.61 bits per heavy atom. The minimum atomic E-state index is -0.871. The van der Waals surface area contributed by atoms with Gasteiger partial charge in [0.15, 0.2) is 0 Å². The summed E-state index contributed by atoms with van der Waals surface area (Å²) in [4.78, 5) is 43.0. The highest BCUT2D eigenvalue weighted by Crippen LogP contribution is 2.36. The zero-order valence-electron chi connectivity index (χ0n) is 28.5. The van der Waals surface area contributed by atoms with Crippen LogP contribution in [0.15, 0.2) is 55.6 Å². The molecule has 0 radical (unpaired) electrons. The average molecular weight is 664 g/mol. The highest BCUT2D eigenvalue weighted by atomic mass is 16.5. The van der Waals surface area contributed by atoms with Crippen molar-refractivity contribution < 1.29 is 19.4 Å². The molecule has 49 heavy (non-hydrogen) atoms. The van der Waals surface area contributed by atoms with E-state index >= 15 is 0 Å². The first kappa shape index (κ1) is 33.9. The number of aliphatic carboxylic acids is 1. The first-order chi connectivity index (χ1) is 23.6. The van der Waals surface area contributed by atoms with Gasteiger partial charge in [-0.1, -0.05) is 49.6 Å². The number of hydrogen-bond acceptors (Lipinski definition) is 9. The summed E-state index contributed by atoms with van der Waals surface area (Å²) in [5, 5.41) is 21.6. The predicted octanol–water partition coefficient (Wildman–Crippen LogP) is 4.91. The zero-order chi connectivity index (χ0) is 34.7. The lowest BCUT2D eigenvalue weighted by molar-refractivity contribution is -0.148. The number of aromatic nitrogens is 2. The van der Waals surface area contributed by atoms with Crippen molar-refractivity contribution in [1.29, 1.82) is 5.26 Å². The molecule has 6 rings (SSSR count). The Kier molecular flexibility index (Phi) is 9.88. The minimum Gasteiger partial charge on any atom is -0.481 e. The van der Waals surface area contributed by atoms with Crippen molar-refractivity contribution in [2.45, 2.75) is 58.2 Å². The highest BCUT2D eigenvalue weighted by Gasteiger charge is 2.36. The third kappa shape index (κ3) is 6.97. The summed E-state index contributed by atoms with van der Waals surface area (Å²) in [7, 11) is 0. The Hall–Kier alpha value is -4.95. The molecule has 1 N–H and O–H groups in total. The maximum atomic E-state index is 12.6. The average Bonchev–Trinajstić information content (AvgIpc) is 3.55. The summed E-state index contributed by atoms with van der Waals surface area (Å²) in [6.07, 6.45) is 6.00. The van der Waals surface area contributed by atoms with E-state index in [1.54, 1.807) is 18.7 Å². The van der Waals surface area contributed by atoms with Crippen LogP contribution < -0.4 is 14.5 Å². The quantitative estimate of drug-likeness (QED) is 0.283. The number of carbonyl (C=O) groups excluding carboxylic acids is 1. The van der Waals surface area contributed by atoms with E-state index in [9.17, 15) is 20.0 Å². The molecule has 1 amide bonds. The molecule has 256 valence electrons. The van der Waals surface area contributed by atoms with Gasteiger partial charge in [-0.2, -0.15) is 15.2 Å². The summed E-state index contributed by atoms with van der Waals surface area (Å²) in [6, 6.07) is 14.9. The van der Waals surface area contributed by atoms with E-state index in [1.807, 2.05) is 12.1 Å². The van der Waals surface area contributed by atoms with E-state index in [2.05, 4.69) is 64.3 Å². The second-order valence-corrected chi connectivity index (χ2v) is 13.8. The second kappa shape index (κ2) is 14.3. The predicted molar refractivity (Wildman–Crippen MR) is 190 cm³/mol. The van der Waals surface area contributed by atoms with Gasteiger partial charge in [-0.05, 0) is 62.7 Å². The smallest absolute Gasteiger partial charge is 0.318 e. The summed E-state index contributed by atoms with van der Waals surface area (Å²) in [5.74, 6) is -0.207. The molecule has 3 aliphatic heterocycles. The molecule has 4 heterocycles. The van der Waals surface area contributed by atoms with Crippen molar-refractivity contribution in [3.8, 4) is 12.1 Å². The Morgan fingerprint density at radius 2 is 1.88 bits per heavy atom. The summed E-state index contributed by atoms with van der Waals surface area (Å²) in [5.41, 5.74) is 3.27. The van der Waals surface area contributed by atoms with Crippen molar-refractivity contribution in [2.75, 3.05) is 55.7 Å². The number of fused-ring (bicyclic) bond motifs is 2. The van der Waals surface area contributed by atoms with Crippen LogP contribution in [0.1, 0.15) is 49.9 Å². The van der Waals surface area contributed by atoms with Crippen molar-refractivity contribution in [1.82, 2.24) is 19.8 Å². The van der Waals surface area contributed by atoms with E-state index in [-0.39, 0.29) is 30.4 Å². The van der Waals surface area contributed by atoms with Crippen LogP contribution in [0.4, 0.5) is 11.5 Å². The van der Waals surface area contributed by atoms with E-state index in [1.165, 1.54) is 6.08 Å².